The number of carbonyl (C=O) groups is 4. The van der Waals surface area contributed by atoms with Crippen molar-refractivity contribution >= 4 is 29.6 Å². The van der Waals surface area contributed by atoms with Crippen LogP contribution in [0.15, 0.2) is 35.3 Å². The van der Waals surface area contributed by atoms with Crippen molar-refractivity contribution in [2.75, 3.05) is 32.7 Å². The van der Waals surface area contributed by atoms with Crippen LogP contribution in [0, 0.1) is 0 Å². The Hall–Kier alpha value is -3.71. The van der Waals surface area contributed by atoms with Gasteiger partial charge in [0.25, 0.3) is 0 Å². The topological polar surface area (TPSA) is 233 Å². The second-order valence-corrected chi connectivity index (χ2v) is 10.3. The summed E-state index contributed by atoms with van der Waals surface area (Å²) in [6, 6.07) is 7.59. The van der Waals surface area contributed by atoms with Gasteiger partial charge in [0.15, 0.2) is 5.96 Å². The molecule has 0 aliphatic heterocycles. The monoisotopic (exact) mass is 589 g/mol. The maximum Gasteiger partial charge on any atom is 0.243 e. The Balaban J connectivity index is 2.01. The summed E-state index contributed by atoms with van der Waals surface area (Å²) in [5.41, 5.74) is 22.4. The molecule has 0 aliphatic rings. The predicted molar refractivity (Wildman–Crippen MR) is 165 cm³/mol. The van der Waals surface area contributed by atoms with E-state index in [0.717, 1.165) is 70.0 Å². The van der Waals surface area contributed by atoms with Gasteiger partial charge < -0.3 is 44.2 Å². The average molecular weight is 590 g/mol. The van der Waals surface area contributed by atoms with Gasteiger partial charge >= 0.3 is 0 Å². The van der Waals surface area contributed by atoms with Crippen molar-refractivity contribution in [2.45, 2.75) is 82.7 Å². The molecule has 13 heteroatoms. The van der Waals surface area contributed by atoms with Gasteiger partial charge in [-0.15, -0.1) is 0 Å². The number of amides is 4. The van der Waals surface area contributed by atoms with E-state index >= 15 is 0 Å². The summed E-state index contributed by atoms with van der Waals surface area (Å²) in [6.07, 6.45) is 8.26. The first-order valence-corrected chi connectivity index (χ1v) is 14.9. The van der Waals surface area contributed by atoms with Crippen molar-refractivity contribution in [1.29, 1.82) is 0 Å². The van der Waals surface area contributed by atoms with E-state index in [1.54, 1.807) is 0 Å². The van der Waals surface area contributed by atoms with Gasteiger partial charge in [0.05, 0.1) is 18.9 Å². The Morgan fingerprint density at radius 2 is 1.29 bits per heavy atom. The molecule has 13 nitrogen and oxygen atoms in total. The number of nitrogens with two attached hydrogens (primary N) is 4. The Labute approximate surface area is 249 Å². The largest absolute Gasteiger partial charge is 0.370 e. The Kier molecular flexibility index (Phi) is 19.8. The van der Waals surface area contributed by atoms with Crippen LogP contribution in [-0.4, -0.2) is 74.4 Å². The van der Waals surface area contributed by atoms with Crippen LogP contribution in [0.5, 0.6) is 0 Å². The fraction of sp³-hybridized carbons (Fsp3) is 0.621. The molecule has 0 unspecified atom stereocenters. The maximum absolute atomic E-state index is 12.5. The molecule has 0 fully saturated rings. The van der Waals surface area contributed by atoms with Gasteiger partial charge in [-0.05, 0) is 50.8 Å². The van der Waals surface area contributed by atoms with E-state index in [9.17, 15) is 19.2 Å². The van der Waals surface area contributed by atoms with E-state index in [4.69, 9.17) is 22.9 Å². The third-order valence-corrected chi connectivity index (χ3v) is 6.49. The maximum atomic E-state index is 12.5. The summed E-state index contributed by atoms with van der Waals surface area (Å²) in [4.78, 5) is 52.0. The second kappa shape index (κ2) is 22.9. The van der Waals surface area contributed by atoms with Crippen LogP contribution in [0.1, 0.15) is 69.8 Å². The zero-order chi connectivity index (χ0) is 31.0. The standard InChI is InChI=1S/C29H51N9O4/c30-23(14-19-37-29(32)33)27(41)35-17-11-5-9-16-34-15-8-2-1-3-10-18-36-28(42)24(21-25(31)39)38-26(40)20-22-12-6-4-7-13-22/h4,6-7,12-13,23-24,34H,1-3,5,8-11,14-21,30H2,(H2,31,39)(H,35,41)(H,36,42)(H,38,40)(H4,32,33,37)/t23-,24+/m1/s1. The number of aliphatic imine (C=N–C) groups is 1. The SMILES string of the molecule is NC(=O)C[C@H](NC(=O)Cc1ccccc1)C(=O)NCCCCCCCNCCCCCNC(=O)[C@H](N)CCN=C(N)N. The third-order valence-electron chi connectivity index (χ3n) is 6.49. The highest BCUT2D eigenvalue weighted by Crippen LogP contribution is 2.04. The van der Waals surface area contributed by atoms with E-state index < -0.39 is 23.9 Å². The highest BCUT2D eigenvalue weighted by Gasteiger charge is 2.22. The van der Waals surface area contributed by atoms with Crippen LogP contribution in [0.25, 0.3) is 0 Å². The number of unbranched alkanes of at least 4 members (excludes halogenated alkanes) is 6. The summed E-state index contributed by atoms with van der Waals surface area (Å²) >= 11 is 0. The Morgan fingerprint density at radius 1 is 0.738 bits per heavy atom. The number of nitrogens with zero attached hydrogens (tertiary/aromatic N) is 1. The average Bonchev–Trinajstić information content (AvgIpc) is 2.94. The molecule has 42 heavy (non-hydrogen) atoms. The van der Waals surface area contributed by atoms with Crippen LogP contribution >= 0.6 is 0 Å². The number of carbonyl (C=O) groups excluding carboxylic acids is 4. The first kappa shape index (κ1) is 36.3. The van der Waals surface area contributed by atoms with E-state index in [0.29, 0.717) is 26.1 Å². The van der Waals surface area contributed by atoms with Crippen molar-refractivity contribution in [3.63, 3.8) is 0 Å². The van der Waals surface area contributed by atoms with E-state index in [1.165, 1.54) is 0 Å². The van der Waals surface area contributed by atoms with Crippen molar-refractivity contribution < 1.29 is 19.2 Å². The lowest BCUT2D eigenvalue weighted by molar-refractivity contribution is -0.131. The lowest BCUT2D eigenvalue weighted by Gasteiger charge is -2.17. The molecule has 0 saturated heterocycles. The first-order valence-electron chi connectivity index (χ1n) is 14.9. The molecule has 0 radical (unpaired) electrons. The van der Waals surface area contributed by atoms with Gasteiger partial charge in [-0.2, -0.15) is 0 Å². The molecule has 236 valence electrons. The van der Waals surface area contributed by atoms with Gasteiger partial charge in [0.1, 0.15) is 6.04 Å². The van der Waals surface area contributed by atoms with Gasteiger partial charge in [-0.1, -0.05) is 56.0 Å². The first-order chi connectivity index (χ1) is 20.2. The van der Waals surface area contributed by atoms with Crippen LogP contribution in [0.2, 0.25) is 0 Å². The fourth-order valence-electron chi connectivity index (χ4n) is 4.16. The zero-order valence-corrected chi connectivity index (χ0v) is 24.7. The van der Waals surface area contributed by atoms with E-state index in [2.05, 4.69) is 26.3 Å². The second-order valence-electron chi connectivity index (χ2n) is 10.3. The van der Waals surface area contributed by atoms with Gasteiger partial charge in [0.2, 0.25) is 23.6 Å². The molecule has 0 aliphatic carbocycles. The molecule has 12 N–H and O–H groups in total. The highest BCUT2D eigenvalue weighted by atomic mass is 16.2. The van der Waals surface area contributed by atoms with E-state index in [1.807, 2.05) is 30.3 Å². The number of guanidine groups is 1. The van der Waals surface area contributed by atoms with Crippen molar-refractivity contribution in [2.24, 2.45) is 27.9 Å². The number of hydrogen-bond donors (Lipinski definition) is 8. The van der Waals surface area contributed by atoms with Crippen molar-refractivity contribution in [3.05, 3.63) is 35.9 Å². The molecule has 0 bridgehead atoms. The molecule has 1 rings (SSSR count). The molecule has 0 spiro atoms. The number of hydrogen-bond acceptors (Lipinski definition) is 7. The van der Waals surface area contributed by atoms with Crippen LogP contribution in [0.4, 0.5) is 0 Å². The number of nitrogens with one attached hydrogen (secondary N) is 4. The summed E-state index contributed by atoms with van der Waals surface area (Å²) in [7, 11) is 0. The van der Waals surface area contributed by atoms with Gasteiger partial charge in [0, 0.05) is 19.6 Å². The molecule has 1 aromatic rings. The minimum absolute atomic E-state index is 0.00708. The summed E-state index contributed by atoms with van der Waals surface area (Å²) in [5, 5.41) is 11.7. The minimum Gasteiger partial charge on any atom is -0.370 e. The molecule has 1 aromatic carbocycles. The molecule has 2 atom stereocenters. The fourth-order valence-corrected chi connectivity index (χ4v) is 4.16. The quantitative estimate of drug-likeness (QED) is 0.0444. The number of benzene rings is 1. The predicted octanol–water partition coefficient (Wildman–Crippen LogP) is -0.477. The highest BCUT2D eigenvalue weighted by molar-refractivity contribution is 5.92. The molecule has 0 saturated carbocycles. The third kappa shape index (κ3) is 19.4. The molecular formula is C29H51N9O4. The van der Waals surface area contributed by atoms with Crippen LogP contribution in [-0.2, 0) is 25.6 Å². The Morgan fingerprint density at radius 3 is 1.88 bits per heavy atom. The summed E-state index contributed by atoms with van der Waals surface area (Å²) < 4.78 is 0. The smallest absolute Gasteiger partial charge is 0.243 e. The molecule has 0 heterocycles. The van der Waals surface area contributed by atoms with Crippen molar-refractivity contribution in [3.8, 4) is 0 Å². The van der Waals surface area contributed by atoms with E-state index in [-0.39, 0.29) is 30.6 Å². The normalized spacial score (nSPS) is 12.1. The zero-order valence-electron chi connectivity index (χ0n) is 24.7. The summed E-state index contributed by atoms with van der Waals surface area (Å²) in [5.74, 6) is -1.57. The van der Waals surface area contributed by atoms with Gasteiger partial charge in [-0.25, -0.2) is 0 Å². The molecule has 0 aromatic heterocycles. The lowest BCUT2D eigenvalue weighted by atomic mass is 10.1. The number of rotatable bonds is 24. The minimum atomic E-state index is -0.977. The van der Waals surface area contributed by atoms with Crippen molar-refractivity contribution in [1.82, 2.24) is 21.3 Å². The van der Waals surface area contributed by atoms with Crippen LogP contribution in [0.3, 0.4) is 0 Å². The lowest BCUT2D eigenvalue weighted by Crippen LogP contribution is -2.49. The summed E-state index contributed by atoms with van der Waals surface area (Å²) in [6.45, 7) is 3.30. The molecule has 4 amide bonds. The Bertz CT molecular complexity index is 956. The molecular weight excluding hydrogens is 538 g/mol. The van der Waals surface area contributed by atoms with Crippen LogP contribution < -0.4 is 44.2 Å². The van der Waals surface area contributed by atoms with Gasteiger partial charge in [-0.3, -0.25) is 24.2 Å². The number of primary amides is 1.